The second-order valence-corrected chi connectivity index (χ2v) is 5.35. The normalized spacial score (nSPS) is 14.3. The van der Waals surface area contributed by atoms with Crippen LogP contribution < -0.4 is 10.2 Å². The van der Waals surface area contributed by atoms with Gasteiger partial charge in [-0.25, -0.2) is 0 Å². The van der Waals surface area contributed by atoms with Crippen LogP contribution in [0.1, 0.15) is 39.2 Å². The van der Waals surface area contributed by atoms with Gasteiger partial charge in [-0.1, -0.05) is 0 Å². The van der Waals surface area contributed by atoms with E-state index >= 15 is 0 Å². The van der Waals surface area contributed by atoms with Gasteiger partial charge in [-0.05, 0) is 20.8 Å². The molecule has 2 aromatic rings. The number of aryl methyl sites for hydroxylation is 4. The van der Waals surface area contributed by atoms with Crippen molar-refractivity contribution in [2.24, 2.45) is 7.05 Å². The number of rotatable bonds is 1. The molecule has 8 nitrogen and oxygen atoms in total. The smallest absolute Gasteiger partial charge is 0.279 e. The first kappa shape index (κ1) is 14.3. The Morgan fingerprint density at radius 2 is 1.77 bits per heavy atom. The molecule has 0 fully saturated rings. The molecule has 0 saturated heterocycles. The summed E-state index contributed by atoms with van der Waals surface area (Å²) in [6.07, 6.45) is 0. The van der Waals surface area contributed by atoms with Crippen LogP contribution in [0.25, 0.3) is 0 Å². The second kappa shape index (κ2) is 4.69. The zero-order chi connectivity index (χ0) is 16.2. The lowest BCUT2D eigenvalue weighted by molar-refractivity contribution is 0.0979. The lowest BCUT2D eigenvalue weighted by atomic mass is 10.1. The number of amides is 2. The van der Waals surface area contributed by atoms with Crippen LogP contribution in [0, 0.1) is 13.8 Å². The third kappa shape index (κ3) is 1.76. The monoisotopic (exact) mass is 302 g/mol. The Labute approximate surface area is 127 Å². The van der Waals surface area contributed by atoms with Gasteiger partial charge < -0.3 is 5.32 Å². The number of carbonyl (C=O) groups excluding carboxylic acids is 2. The Morgan fingerprint density at radius 3 is 2.41 bits per heavy atom. The molecule has 2 amide bonds. The molecular weight excluding hydrogens is 284 g/mol. The maximum atomic E-state index is 12.9. The Hall–Kier alpha value is -2.64. The van der Waals surface area contributed by atoms with E-state index in [2.05, 4.69) is 15.5 Å². The molecular formula is C14H18N6O2. The zero-order valence-corrected chi connectivity index (χ0v) is 13.3. The predicted molar refractivity (Wildman–Crippen MR) is 81.3 cm³/mol. The Balaban J connectivity index is 2.28. The minimum atomic E-state index is -0.278. The summed E-state index contributed by atoms with van der Waals surface area (Å²) in [5.74, 6) is -0.0196. The third-order valence-electron chi connectivity index (χ3n) is 3.91. The molecule has 2 aromatic heterocycles. The summed E-state index contributed by atoms with van der Waals surface area (Å²) >= 11 is 0. The highest BCUT2D eigenvalue weighted by molar-refractivity contribution is 6.18. The van der Waals surface area contributed by atoms with E-state index in [1.54, 1.807) is 37.3 Å². The van der Waals surface area contributed by atoms with E-state index in [4.69, 9.17) is 0 Å². The Morgan fingerprint density at radius 1 is 1.09 bits per heavy atom. The molecule has 3 rings (SSSR count). The van der Waals surface area contributed by atoms with Gasteiger partial charge in [-0.2, -0.15) is 10.2 Å². The maximum absolute atomic E-state index is 12.9. The molecule has 0 spiro atoms. The Bertz CT molecular complexity index is 801. The summed E-state index contributed by atoms with van der Waals surface area (Å²) < 4.78 is 3.16. The van der Waals surface area contributed by atoms with E-state index in [-0.39, 0.29) is 11.8 Å². The van der Waals surface area contributed by atoms with Crippen molar-refractivity contribution in [2.75, 3.05) is 17.3 Å². The van der Waals surface area contributed by atoms with Crippen molar-refractivity contribution in [3.63, 3.8) is 0 Å². The standard InChI is InChI=1S/C14H18N6O2/c1-6-20-11-10(8(3)17-20)15-12(21)9-7(2)16-19(5)13(9)18(4)14(11)22/h6H2,1-5H3,(H,15,21). The number of fused-ring (bicyclic) bond motifs is 2. The Kier molecular flexibility index (Phi) is 3.05. The van der Waals surface area contributed by atoms with Gasteiger partial charge >= 0.3 is 0 Å². The number of hydrogen-bond donors (Lipinski definition) is 1. The zero-order valence-electron chi connectivity index (χ0n) is 13.3. The van der Waals surface area contributed by atoms with Crippen molar-refractivity contribution in [3.8, 4) is 0 Å². The second-order valence-electron chi connectivity index (χ2n) is 5.35. The van der Waals surface area contributed by atoms with Gasteiger partial charge in [0, 0.05) is 20.6 Å². The fraction of sp³-hybridized carbons (Fsp3) is 0.429. The molecule has 1 aliphatic heterocycles. The van der Waals surface area contributed by atoms with Crippen molar-refractivity contribution in [2.45, 2.75) is 27.3 Å². The van der Waals surface area contributed by atoms with E-state index in [0.717, 1.165) is 0 Å². The summed E-state index contributed by atoms with van der Waals surface area (Å²) in [5.41, 5.74) is 2.47. The average Bonchev–Trinajstić information content (AvgIpc) is 2.93. The van der Waals surface area contributed by atoms with Crippen LogP contribution in [-0.4, -0.2) is 38.4 Å². The molecule has 0 aromatic carbocycles. The number of aromatic nitrogens is 4. The fourth-order valence-electron chi connectivity index (χ4n) is 2.90. The van der Waals surface area contributed by atoms with Crippen LogP contribution in [0.3, 0.4) is 0 Å². The predicted octanol–water partition coefficient (Wildman–Crippen LogP) is 1.10. The SMILES string of the molecule is CCn1nc(C)c2c1C(=O)N(C)c1c(c(C)nn1C)C(=O)N2. The van der Waals surface area contributed by atoms with Gasteiger partial charge in [0.15, 0.2) is 5.69 Å². The molecule has 116 valence electrons. The fourth-order valence-corrected chi connectivity index (χ4v) is 2.90. The van der Waals surface area contributed by atoms with Crippen molar-refractivity contribution in [1.82, 2.24) is 19.6 Å². The molecule has 1 aliphatic rings. The lowest BCUT2D eigenvalue weighted by Crippen LogP contribution is -2.34. The summed E-state index contributed by atoms with van der Waals surface area (Å²) in [7, 11) is 3.36. The van der Waals surface area contributed by atoms with Gasteiger partial charge in [0.1, 0.15) is 11.4 Å². The van der Waals surface area contributed by atoms with Crippen molar-refractivity contribution < 1.29 is 9.59 Å². The van der Waals surface area contributed by atoms with Gasteiger partial charge in [-0.15, -0.1) is 0 Å². The number of nitrogens with zero attached hydrogens (tertiary/aromatic N) is 5. The highest BCUT2D eigenvalue weighted by Gasteiger charge is 2.34. The van der Waals surface area contributed by atoms with Crippen LogP contribution in [0.15, 0.2) is 0 Å². The summed E-state index contributed by atoms with van der Waals surface area (Å²) in [6.45, 7) is 5.97. The van der Waals surface area contributed by atoms with E-state index in [1.807, 2.05) is 6.92 Å². The molecule has 1 N–H and O–H groups in total. The van der Waals surface area contributed by atoms with E-state index in [9.17, 15) is 9.59 Å². The molecule has 0 bridgehead atoms. The molecule has 0 radical (unpaired) electrons. The minimum Gasteiger partial charge on any atom is -0.318 e. The molecule has 8 heteroatoms. The van der Waals surface area contributed by atoms with Crippen LogP contribution in [0.4, 0.5) is 11.5 Å². The average molecular weight is 302 g/mol. The van der Waals surface area contributed by atoms with Crippen molar-refractivity contribution in [1.29, 1.82) is 0 Å². The first-order chi connectivity index (χ1) is 10.4. The van der Waals surface area contributed by atoms with E-state index < -0.39 is 0 Å². The number of hydrogen-bond acceptors (Lipinski definition) is 4. The lowest BCUT2D eigenvalue weighted by Gasteiger charge is -2.22. The summed E-state index contributed by atoms with van der Waals surface area (Å²) in [6, 6.07) is 0. The molecule has 0 aliphatic carbocycles. The third-order valence-corrected chi connectivity index (χ3v) is 3.91. The summed E-state index contributed by atoms with van der Waals surface area (Å²) in [5, 5.41) is 11.4. The van der Waals surface area contributed by atoms with Crippen molar-refractivity contribution >= 4 is 23.3 Å². The van der Waals surface area contributed by atoms with Crippen LogP contribution >= 0.6 is 0 Å². The molecule has 22 heavy (non-hydrogen) atoms. The highest BCUT2D eigenvalue weighted by atomic mass is 16.2. The number of nitrogens with one attached hydrogen (secondary N) is 1. The van der Waals surface area contributed by atoms with E-state index in [0.29, 0.717) is 40.7 Å². The van der Waals surface area contributed by atoms with E-state index in [1.165, 1.54) is 4.90 Å². The molecule has 0 saturated carbocycles. The first-order valence-electron chi connectivity index (χ1n) is 7.07. The largest absolute Gasteiger partial charge is 0.318 e. The number of carbonyl (C=O) groups is 2. The molecule has 3 heterocycles. The van der Waals surface area contributed by atoms with Crippen LogP contribution in [0.5, 0.6) is 0 Å². The quantitative estimate of drug-likeness (QED) is 0.854. The van der Waals surface area contributed by atoms with Gasteiger partial charge in [0.05, 0.1) is 17.1 Å². The van der Waals surface area contributed by atoms with Gasteiger partial charge in [0.25, 0.3) is 11.8 Å². The van der Waals surface area contributed by atoms with Crippen LogP contribution in [-0.2, 0) is 13.6 Å². The van der Waals surface area contributed by atoms with Gasteiger partial charge in [0.2, 0.25) is 0 Å². The van der Waals surface area contributed by atoms with Crippen LogP contribution in [0.2, 0.25) is 0 Å². The minimum absolute atomic E-state index is 0.221. The molecule has 0 unspecified atom stereocenters. The summed E-state index contributed by atoms with van der Waals surface area (Å²) in [4.78, 5) is 27.0. The molecule has 0 atom stereocenters. The number of anilines is 2. The van der Waals surface area contributed by atoms with Crippen molar-refractivity contribution in [3.05, 3.63) is 22.6 Å². The van der Waals surface area contributed by atoms with Gasteiger partial charge in [-0.3, -0.25) is 23.9 Å². The maximum Gasteiger partial charge on any atom is 0.279 e. The topological polar surface area (TPSA) is 85.1 Å². The first-order valence-corrected chi connectivity index (χ1v) is 7.07. The highest BCUT2D eigenvalue weighted by Crippen LogP contribution is 2.31.